The Morgan fingerprint density at radius 3 is 1.35 bits per heavy atom. The second kappa shape index (κ2) is 7.82. The zero-order chi connectivity index (χ0) is 17.9. The van der Waals surface area contributed by atoms with Crippen molar-refractivity contribution in [2.45, 2.75) is 76.0 Å². The molecule has 0 bridgehead atoms. The third-order valence-corrected chi connectivity index (χ3v) is 6.85. The normalized spacial score (nSPS) is 24.6. The topological polar surface area (TPSA) is 0 Å². The van der Waals surface area contributed by atoms with Gasteiger partial charge in [-0.2, -0.15) is 0 Å². The summed E-state index contributed by atoms with van der Waals surface area (Å²) >= 11 is 0. The standard InChI is InChI=1S/C26H32/c1-19-3-7-21(8-4-19)23-11-15-25(16-12-23)26-17-13-24(14-18-26)22-9-5-20(2)6-10-22/h5-6,9-12,15-16,21,24,26H,1,3-4,7-8,13-14,17-18H2,2H3. The highest BCUT2D eigenvalue weighted by molar-refractivity contribution is 5.30. The Morgan fingerprint density at radius 1 is 0.577 bits per heavy atom. The molecule has 0 saturated heterocycles. The quantitative estimate of drug-likeness (QED) is 0.502. The molecule has 0 spiro atoms. The highest BCUT2D eigenvalue weighted by atomic mass is 14.3. The first-order chi connectivity index (χ1) is 12.7. The lowest BCUT2D eigenvalue weighted by atomic mass is 9.75. The molecule has 0 amide bonds. The molecule has 2 saturated carbocycles. The minimum Gasteiger partial charge on any atom is -0.0999 e. The SMILES string of the molecule is C=C1CCC(c2ccc(C3CCC(c4ccc(C)cc4)CC3)cc2)CC1. The molecule has 0 N–H and O–H groups in total. The molecule has 2 fully saturated rings. The second-order valence-corrected chi connectivity index (χ2v) is 8.65. The second-order valence-electron chi connectivity index (χ2n) is 8.65. The van der Waals surface area contributed by atoms with Gasteiger partial charge in [-0.1, -0.05) is 66.2 Å². The summed E-state index contributed by atoms with van der Waals surface area (Å²) in [5, 5.41) is 0. The Labute approximate surface area is 159 Å². The number of rotatable bonds is 3. The van der Waals surface area contributed by atoms with Crippen LogP contribution in [-0.4, -0.2) is 0 Å². The van der Waals surface area contributed by atoms with Crippen molar-refractivity contribution in [2.75, 3.05) is 0 Å². The van der Waals surface area contributed by atoms with Gasteiger partial charge in [0, 0.05) is 0 Å². The van der Waals surface area contributed by atoms with Crippen molar-refractivity contribution in [1.82, 2.24) is 0 Å². The summed E-state index contributed by atoms with van der Waals surface area (Å²) in [6.45, 7) is 6.32. The largest absolute Gasteiger partial charge is 0.0999 e. The average molecular weight is 345 g/mol. The Kier molecular flexibility index (Phi) is 5.29. The summed E-state index contributed by atoms with van der Waals surface area (Å²) in [5.74, 6) is 2.28. The zero-order valence-electron chi connectivity index (χ0n) is 16.2. The van der Waals surface area contributed by atoms with Crippen LogP contribution in [-0.2, 0) is 0 Å². The summed E-state index contributed by atoms with van der Waals surface area (Å²) in [6, 6.07) is 18.9. The number of allylic oxidation sites excluding steroid dienone is 1. The first kappa shape index (κ1) is 17.6. The maximum atomic E-state index is 4.15. The van der Waals surface area contributed by atoms with E-state index >= 15 is 0 Å². The highest BCUT2D eigenvalue weighted by Gasteiger charge is 2.24. The summed E-state index contributed by atoms with van der Waals surface area (Å²) in [6.07, 6.45) is 10.4. The van der Waals surface area contributed by atoms with E-state index in [0.29, 0.717) is 0 Å². The van der Waals surface area contributed by atoms with Gasteiger partial charge < -0.3 is 0 Å². The van der Waals surface area contributed by atoms with E-state index < -0.39 is 0 Å². The van der Waals surface area contributed by atoms with E-state index in [9.17, 15) is 0 Å². The van der Waals surface area contributed by atoms with Crippen LogP contribution in [0.15, 0.2) is 60.7 Å². The van der Waals surface area contributed by atoms with Crippen molar-refractivity contribution in [3.05, 3.63) is 82.9 Å². The molecule has 4 rings (SSSR count). The fourth-order valence-electron chi connectivity index (χ4n) is 5.00. The summed E-state index contributed by atoms with van der Waals surface area (Å²) in [7, 11) is 0. The van der Waals surface area contributed by atoms with E-state index in [1.165, 1.54) is 62.5 Å². The van der Waals surface area contributed by atoms with Crippen molar-refractivity contribution < 1.29 is 0 Å². The monoisotopic (exact) mass is 344 g/mol. The van der Waals surface area contributed by atoms with Gasteiger partial charge in [-0.05, 0) is 92.7 Å². The molecule has 2 aromatic rings. The molecule has 0 heterocycles. The molecule has 136 valence electrons. The van der Waals surface area contributed by atoms with Crippen molar-refractivity contribution in [3.8, 4) is 0 Å². The van der Waals surface area contributed by atoms with Crippen LogP contribution in [0.4, 0.5) is 0 Å². The summed E-state index contributed by atoms with van der Waals surface area (Å²) < 4.78 is 0. The Morgan fingerprint density at radius 2 is 0.923 bits per heavy atom. The van der Waals surface area contributed by atoms with Gasteiger partial charge in [-0.3, -0.25) is 0 Å². The number of hydrogen-bond acceptors (Lipinski definition) is 0. The smallest absolute Gasteiger partial charge is 0.0156 e. The highest BCUT2D eigenvalue weighted by Crippen LogP contribution is 2.41. The summed E-state index contributed by atoms with van der Waals surface area (Å²) in [5.41, 5.74) is 7.47. The molecule has 2 aliphatic carbocycles. The van der Waals surface area contributed by atoms with E-state index in [-0.39, 0.29) is 0 Å². The molecule has 26 heavy (non-hydrogen) atoms. The molecule has 0 heteroatoms. The summed E-state index contributed by atoms with van der Waals surface area (Å²) in [4.78, 5) is 0. The third kappa shape index (κ3) is 3.95. The van der Waals surface area contributed by atoms with Crippen LogP contribution in [0.5, 0.6) is 0 Å². The van der Waals surface area contributed by atoms with Gasteiger partial charge in [0.25, 0.3) is 0 Å². The van der Waals surface area contributed by atoms with Crippen LogP contribution in [0, 0.1) is 6.92 Å². The van der Waals surface area contributed by atoms with Crippen LogP contribution in [0.25, 0.3) is 0 Å². The lowest BCUT2D eigenvalue weighted by Crippen LogP contribution is -2.12. The average Bonchev–Trinajstić information content (AvgIpc) is 2.70. The molecule has 0 aliphatic heterocycles. The number of hydrogen-bond donors (Lipinski definition) is 0. The lowest BCUT2D eigenvalue weighted by Gasteiger charge is -2.30. The number of benzene rings is 2. The minimum atomic E-state index is 0.756. The molecule has 2 aliphatic rings. The van der Waals surface area contributed by atoms with Crippen LogP contribution >= 0.6 is 0 Å². The van der Waals surface area contributed by atoms with Gasteiger partial charge in [0.1, 0.15) is 0 Å². The lowest BCUT2D eigenvalue weighted by molar-refractivity contribution is 0.396. The van der Waals surface area contributed by atoms with Crippen molar-refractivity contribution in [3.63, 3.8) is 0 Å². The Hall–Kier alpha value is -1.82. The predicted octanol–water partition coefficient (Wildman–Crippen LogP) is 7.65. The first-order valence-corrected chi connectivity index (χ1v) is 10.5. The van der Waals surface area contributed by atoms with Crippen molar-refractivity contribution >= 4 is 0 Å². The van der Waals surface area contributed by atoms with E-state index in [0.717, 1.165) is 17.8 Å². The molecule has 0 radical (unpaired) electrons. The zero-order valence-corrected chi connectivity index (χ0v) is 16.2. The van der Waals surface area contributed by atoms with Crippen LogP contribution < -0.4 is 0 Å². The van der Waals surface area contributed by atoms with Gasteiger partial charge in [0.05, 0.1) is 0 Å². The van der Waals surface area contributed by atoms with Gasteiger partial charge in [0.15, 0.2) is 0 Å². The maximum Gasteiger partial charge on any atom is -0.0156 e. The molecule has 0 atom stereocenters. The number of aryl methyl sites for hydroxylation is 1. The van der Waals surface area contributed by atoms with E-state index in [4.69, 9.17) is 0 Å². The molecule has 0 unspecified atom stereocenters. The predicted molar refractivity (Wildman–Crippen MR) is 112 cm³/mol. The Balaban J connectivity index is 1.35. The van der Waals surface area contributed by atoms with E-state index in [1.54, 1.807) is 16.7 Å². The van der Waals surface area contributed by atoms with Crippen LogP contribution in [0.3, 0.4) is 0 Å². The first-order valence-electron chi connectivity index (χ1n) is 10.5. The van der Waals surface area contributed by atoms with Crippen molar-refractivity contribution in [1.29, 1.82) is 0 Å². The van der Waals surface area contributed by atoms with Gasteiger partial charge in [0.2, 0.25) is 0 Å². The van der Waals surface area contributed by atoms with Gasteiger partial charge >= 0.3 is 0 Å². The van der Waals surface area contributed by atoms with Crippen LogP contribution in [0.2, 0.25) is 0 Å². The Bertz CT molecular complexity index is 717. The molecular weight excluding hydrogens is 312 g/mol. The fourth-order valence-corrected chi connectivity index (χ4v) is 5.00. The molecule has 0 aromatic heterocycles. The molecule has 2 aromatic carbocycles. The van der Waals surface area contributed by atoms with Gasteiger partial charge in [-0.15, -0.1) is 0 Å². The fraction of sp³-hybridized carbons (Fsp3) is 0.462. The van der Waals surface area contributed by atoms with Crippen LogP contribution in [0.1, 0.15) is 91.4 Å². The molecule has 0 nitrogen and oxygen atoms in total. The minimum absolute atomic E-state index is 0.756. The third-order valence-electron chi connectivity index (χ3n) is 6.85. The van der Waals surface area contributed by atoms with E-state index in [2.05, 4.69) is 62.0 Å². The maximum absolute atomic E-state index is 4.15. The molecular formula is C26H32. The van der Waals surface area contributed by atoms with Crippen molar-refractivity contribution in [2.24, 2.45) is 0 Å². The van der Waals surface area contributed by atoms with Gasteiger partial charge in [-0.25, -0.2) is 0 Å². The van der Waals surface area contributed by atoms with E-state index in [1.807, 2.05) is 0 Å².